The van der Waals surface area contributed by atoms with Crippen LogP contribution in [-0.2, 0) is 16.0 Å². The predicted octanol–water partition coefficient (Wildman–Crippen LogP) is 2.31. The Balaban J connectivity index is 1.80. The second kappa shape index (κ2) is 7.51. The van der Waals surface area contributed by atoms with E-state index in [2.05, 4.69) is 5.32 Å². The zero-order valence-electron chi connectivity index (χ0n) is 16.4. The SMILES string of the molecule is Cc1c(CC(=O)N[C@@H](C)C(=O)[O-])c(=O)oc2cc3occ(-c4ccccc4)c3cc12. The summed E-state index contributed by atoms with van der Waals surface area (Å²) in [6.45, 7) is 3.03. The molecular weight excluding hydrogens is 386 g/mol. The molecule has 1 amide bonds. The van der Waals surface area contributed by atoms with Gasteiger partial charge in [-0.2, -0.15) is 0 Å². The van der Waals surface area contributed by atoms with Crippen molar-refractivity contribution in [2.45, 2.75) is 26.3 Å². The third kappa shape index (κ3) is 3.45. The summed E-state index contributed by atoms with van der Waals surface area (Å²) < 4.78 is 11.1. The minimum Gasteiger partial charge on any atom is -0.548 e. The summed E-state index contributed by atoms with van der Waals surface area (Å²) in [5.41, 5.74) is 2.95. The first-order valence-electron chi connectivity index (χ1n) is 9.38. The van der Waals surface area contributed by atoms with E-state index in [1.807, 2.05) is 36.4 Å². The van der Waals surface area contributed by atoms with Crippen LogP contribution in [0.2, 0.25) is 0 Å². The lowest BCUT2D eigenvalue weighted by Crippen LogP contribution is -2.46. The molecule has 0 aliphatic heterocycles. The number of furan rings is 1. The normalized spacial score (nSPS) is 12.2. The van der Waals surface area contributed by atoms with E-state index in [1.165, 1.54) is 6.92 Å². The molecule has 0 fully saturated rings. The summed E-state index contributed by atoms with van der Waals surface area (Å²) in [5, 5.41) is 14.6. The van der Waals surface area contributed by atoms with Gasteiger partial charge in [-0.1, -0.05) is 30.3 Å². The Kier molecular flexibility index (Phi) is 4.87. The molecule has 0 unspecified atom stereocenters. The minimum atomic E-state index is -1.40. The van der Waals surface area contributed by atoms with Gasteiger partial charge in [-0.3, -0.25) is 4.79 Å². The number of fused-ring (bicyclic) bond motifs is 2. The molecular formula is C23H18NO6-. The Bertz CT molecular complexity index is 1330. The largest absolute Gasteiger partial charge is 0.548 e. The summed E-state index contributed by atoms with van der Waals surface area (Å²) in [4.78, 5) is 35.5. The molecule has 7 nitrogen and oxygen atoms in total. The van der Waals surface area contributed by atoms with Gasteiger partial charge in [-0.15, -0.1) is 0 Å². The second-order valence-corrected chi connectivity index (χ2v) is 7.14. The van der Waals surface area contributed by atoms with Crippen LogP contribution in [0.5, 0.6) is 0 Å². The summed E-state index contributed by atoms with van der Waals surface area (Å²) in [6.07, 6.45) is 1.36. The molecule has 0 radical (unpaired) electrons. The number of aliphatic carboxylic acids is 1. The Morgan fingerprint density at radius 1 is 1.10 bits per heavy atom. The van der Waals surface area contributed by atoms with Gasteiger partial charge in [0.2, 0.25) is 5.91 Å². The quantitative estimate of drug-likeness (QED) is 0.511. The van der Waals surface area contributed by atoms with Gasteiger partial charge in [-0.05, 0) is 31.0 Å². The number of nitrogens with one attached hydrogen (secondary N) is 1. The van der Waals surface area contributed by atoms with Gasteiger partial charge in [0.1, 0.15) is 11.2 Å². The number of benzene rings is 2. The summed E-state index contributed by atoms with van der Waals surface area (Å²) >= 11 is 0. The van der Waals surface area contributed by atoms with Gasteiger partial charge in [0.05, 0.1) is 30.3 Å². The van der Waals surface area contributed by atoms with Gasteiger partial charge >= 0.3 is 5.63 Å². The molecule has 0 aliphatic rings. The Morgan fingerprint density at radius 3 is 2.53 bits per heavy atom. The fraction of sp³-hybridized carbons (Fsp3) is 0.174. The van der Waals surface area contributed by atoms with E-state index < -0.39 is 23.5 Å². The van der Waals surface area contributed by atoms with E-state index in [1.54, 1.807) is 19.3 Å². The van der Waals surface area contributed by atoms with Crippen molar-refractivity contribution in [1.29, 1.82) is 0 Å². The maximum absolute atomic E-state index is 12.5. The van der Waals surface area contributed by atoms with Crippen molar-refractivity contribution in [2.24, 2.45) is 0 Å². The average Bonchev–Trinajstić information content (AvgIpc) is 3.13. The van der Waals surface area contributed by atoms with Crippen molar-refractivity contribution in [3.05, 3.63) is 70.3 Å². The van der Waals surface area contributed by atoms with E-state index in [0.29, 0.717) is 22.1 Å². The molecule has 4 aromatic rings. The number of amides is 1. The molecule has 2 aromatic heterocycles. The highest BCUT2D eigenvalue weighted by Crippen LogP contribution is 2.34. The van der Waals surface area contributed by atoms with Gasteiger partial charge < -0.3 is 24.1 Å². The van der Waals surface area contributed by atoms with Crippen LogP contribution >= 0.6 is 0 Å². The van der Waals surface area contributed by atoms with E-state index in [-0.39, 0.29) is 12.0 Å². The summed E-state index contributed by atoms with van der Waals surface area (Å²) in [6, 6.07) is 12.1. The first-order valence-corrected chi connectivity index (χ1v) is 9.38. The van der Waals surface area contributed by atoms with Crippen LogP contribution < -0.4 is 16.0 Å². The number of carbonyl (C=O) groups excluding carboxylic acids is 2. The van der Waals surface area contributed by atoms with Crippen LogP contribution in [0, 0.1) is 6.92 Å². The summed E-state index contributed by atoms with van der Waals surface area (Å²) in [7, 11) is 0. The van der Waals surface area contributed by atoms with Crippen molar-refractivity contribution in [3.8, 4) is 11.1 Å². The van der Waals surface area contributed by atoms with Crippen LogP contribution in [0.3, 0.4) is 0 Å². The molecule has 30 heavy (non-hydrogen) atoms. The van der Waals surface area contributed by atoms with Crippen LogP contribution in [0.25, 0.3) is 33.1 Å². The number of carboxylic acids is 1. The topological polar surface area (TPSA) is 113 Å². The standard InChI is InChI=1S/C23H19NO6/c1-12-15-8-17-18(14-6-4-3-5-7-14)11-29-19(17)10-20(15)30-23(28)16(12)9-21(25)24-13(2)22(26)27/h3-8,10-11,13H,9H2,1-2H3,(H,24,25)(H,26,27)/p-1/t13-/m0/s1. The molecule has 1 atom stereocenters. The van der Waals surface area contributed by atoms with E-state index in [0.717, 1.165) is 16.5 Å². The number of hydrogen-bond donors (Lipinski definition) is 1. The second-order valence-electron chi connectivity index (χ2n) is 7.14. The molecule has 2 heterocycles. The van der Waals surface area contributed by atoms with E-state index in [9.17, 15) is 19.5 Å². The first-order chi connectivity index (χ1) is 14.3. The number of aryl methyl sites for hydroxylation is 1. The van der Waals surface area contributed by atoms with Crippen LogP contribution in [0.1, 0.15) is 18.1 Å². The van der Waals surface area contributed by atoms with E-state index >= 15 is 0 Å². The predicted molar refractivity (Wildman–Crippen MR) is 109 cm³/mol. The van der Waals surface area contributed by atoms with Crippen LogP contribution in [-0.4, -0.2) is 17.9 Å². The maximum atomic E-state index is 12.5. The number of carboxylic acid groups (broad SMARTS) is 1. The highest BCUT2D eigenvalue weighted by molar-refractivity contribution is 6.02. The molecule has 0 saturated heterocycles. The zero-order chi connectivity index (χ0) is 21.4. The highest BCUT2D eigenvalue weighted by atomic mass is 16.4. The monoisotopic (exact) mass is 404 g/mol. The lowest BCUT2D eigenvalue weighted by Gasteiger charge is -2.15. The van der Waals surface area contributed by atoms with E-state index in [4.69, 9.17) is 8.83 Å². The summed E-state index contributed by atoms with van der Waals surface area (Å²) in [5.74, 6) is -2.00. The minimum absolute atomic E-state index is 0.176. The highest BCUT2D eigenvalue weighted by Gasteiger charge is 2.18. The van der Waals surface area contributed by atoms with Gasteiger partial charge in [0, 0.05) is 22.4 Å². The van der Waals surface area contributed by atoms with Crippen molar-refractivity contribution < 1.29 is 23.5 Å². The lowest BCUT2D eigenvalue weighted by atomic mass is 9.99. The third-order valence-electron chi connectivity index (χ3n) is 5.13. The van der Waals surface area contributed by atoms with Crippen molar-refractivity contribution >= 4 is 33.8 Å². The van der Waals surface area contributed by atoms with Gasteiger partial charge in [-0.25, -0.2) is 4.79 Å². The molecule has 4 rings (SSSR count). The van der Waals surface area contributed by atoms with Gasteiger partial charge in [0.15, 0.2) is 0 Å². The molecule has 0 spiro atoms. The molecule has 7 heteroatoms. The maximum Gasteiger partial charge on any atom is 0.340 e. The van der Waals surface area contributed by atoms with Crippen molar-refractivity contribution in [2.75, 3.05) is 0 Å². The zero-order valence-corrected chi connectivity index (χ0v) is 16.4. The molecule has 2 aromatic carbocycles. The van der Waals surface area contributed by atoms with Crippen molar-refractivity contribution in [1.82, 2.24) is 5.32 Å². The number of carbonyl (C=O) groups is 2. The van der Waals surface area contributed by atoms with Crippen molar-refractivity contribution in [3.63, 3.8) is 0 Å². The first kappa shape index (κ1) is 19.4. The fourth-order valence-electron chi connectivity index (χ4n) is 3.47. The molecule has 1 N–H and O–H groups in total. The van der Waals surface area contributed by atoms with Crippen LogP contribution in [0.4, 0.5) is 0 Å². The smallest absolute Gasteiger partial charge is 0.340 e. The molecule has 0 saturated carbocycles. The third-order valence-corrected chi connectivity index (χ3v) is 5.13. The lowest BCUT2D eigenvalue weighted by molar-refractivity contribution is -0.307. The fourth-order valence-corrected chi connectivity index (χ4v) is 3.47. The average molecular weight is 404 g/mol. The van der Waals surface area contributed by atoms with Gasteiger partial charge in [0.25, 0.3) is 0 Å². The Morgan fingerprint density at radius 2 is 1.83 bits per heavy atom. The Labute approximate surface area is 170 Å². The molecule has 0 aliphatic carbocycles. The Hall–Kier alpha value is -3.87. The number of hydrogen-bond acceptors (Lipinski definition) is 6. The van der Waals surface area contributed by atoms with Crippen LogP contribution in [0.15, 0.2) is 62.4 Å². The molecule has 0 bridgehead atoms. The molecule has 152 valence electrons. The number of rotatable bonds is 5.